The van der Waals surface area contributed by atoms with Crippen LogP contribution in [0.2, 0.25) is 0 Å². The molecule has 67 heavy (non-hydrogen) atoms. The molecule has 0 spiro atoms. The van der Waals surface area contributed by atoms with Gasteiger partial charge in [0.05, 0.1) is 23.3 Å². The van der Waals surface area contributed by atoms with Crippen molar-refractivity contribution in [2.75, 3.05) is 11.8 Å². The molecule has 0 fully saturated rings. The number of carbonyl (C=O) groups excluding carboxylic acids is 4. The van der Waals surface area contributed by atoms with Crippen LogP contribution in [0.4, 0.5) is 17.6 Å². The van der Waals surface area contributed by atoms with Gasteiger partial charge < -0.3 is 35.9 Å². The van der Waals surface area contributed by atoms with E-state index in [0.717, 1.165) is 52.2 Å². The Morgan fingerprint density at radius 3 is 1.39 bits per heavy atom. The number of hydrogen-bond acceptors (Lipinski definition) is 10. The fourth-order valence-electron chi connectivity index (χ4n) is 4.94. The van der Waals surface area contributed by atoms with Gasteiger partial charge in [0.1, 0.15) is 47.6 Å². The van der Waals surface area contributed by atoms with Gasteiger partial charge in [0.25, 0.3) is 11.8 Å². The van der Waals surface area contributed by atoms with Gasteiger partial charge in [-0.2, -0.15) is 0 Å². The highest BCUT2D eigenvalue weighted by Crippen LogP contribution is 2.26. The first-order valence-corrected chi connectivity index (χ1v) is 20.9. The summed E-state index contributed by atoms with van der Waals surface area (Å²) in [6.45, 7) is 5.86. The molecule has 0 aliphatic heterocycles. The van der Waals surface area contributed by atoms with Crippen molar-refractivity contribution in [1.29, 1.82) is 0 Å². The average molecular weight is 987 g/mol. The molecule has 0 bridgehead atoms. The van der Waals surface area contributed by atoms with Crippen LogP contribution in [0.3, 0.4) is 0 Å². The number of Topliss-reactive ketones (excluding diaryl/α,β-unsaturated/α-hetero) is 1. The SMILES string of the molecule is Cc1ccc(-c2nc(CCl)co2)cc1.Cc1ccc(-c2nc(COc3ccc(F)c(C(N)=O)c3F)co2)cc1.Cc1ccc(C(N)=O)cc1.NC(=O)c1c(F)ccc(O)c1F.O=C(CCl)CCl. The maximum Gasteiger partial charge on any atom is 0.254 e. The van der Waals surface area contributed by atoms with E-state index in [1.165, 1.54) is 11.8 Å². The first kappa shape index (κ1) is 54.1. The Balaban J connectivity index is 0.000000242. The van der Waals surface area contributed by atoms with Gasteiger partial charge in [-0.15, -0.1) is 34.8 Å². The number of amides is 3. The van der Waals surface area contributed by atoms with Gasteiger partial charge in [0, 0.05) is 16.7 Å². The lowest BCUT2D eigenvalue weighted by Gasteiger charge is -2.08. The molecular weight excluding hydrogens is 945 g/mol. The second kappa shape index (κ2) is 26.7. The Labute approximate surface area is 396 Å². The Kier molecular flexibility index (Phi) is 21.6. The van der Waals surface area contributed by atoms with Crippen molar-refractivity contribution >= 4 is 58.3 Å². The van der Waals surface area contributed by atoms with Crippen LogP contribution in [0.5, 0.6) is 11.5 Å². The van der Waals surface area contributed by atoms with Crippen molar-refractivity contribution in [3.63, 3.8) is 0 Å². The maximum atomic E-state index is 14.1. The van der Waals surface area contributed by atoms with E-state index in [0.29, 0.717) is 28.9 Å². The highest BCUT2D eigenvalue weighted by molar-refractivity contribution is 6.35. The molecule has 0 radical (unpaired) electrons. The summed E-state index contributed by atoms with van der Waals surface area (Å²) in [4.78, 5) is 50.5. The molecule has 0 unspecified atom stereocenters. The number of phenolic OH excluding ortho intramolecular Hbond substituents is 1. The normalized spacial score (nSPS) is 10.1. The van der Waals surface area contributed by atoms with E-state index >= 15 is 0 Å². The van der Waals surface area contributed by atoms with Gasteiger partial charge in [-0.1, -0.05) is 53.1 Å². The van der Waals surface area contributed by atoms with Crippen LogP contribution in [0.25, 0.3) is 22.9 Å². The summed E-state index contributed by atoms with van der Waals surface area (Å²) < 4.78 is 68.8. The van der Waals surface area contributed by atoms with E-state index in [1.54, 1.807) is 18.4 Å². The number of aromatic hydroxyl groups is 1. The van der Waals surface area contributed by atoms with Crippen LogP contribution >= 0.6 is 34.8 Å². The number of rotatable bonds is 11. The van der Waals surface area contributed by atoms with Crippen molar-refractivity contribution < 1.29 is 55.4 Å². The number of benzene rings is 5. The van der Waals surface area contributed by atoms with Gasteiger partial charge in [-0.3, -0.25) is 19.2 Å². The fraction of sp³-hybridized carbons (Fsp3) is 0.149. The molecule has 20 heteroatoms. The molecule has 352 valence electrons. The van der Waals surface area contributed by atoms with Crippen molar-refractivity contribution in [3.8, 4) is 34.4 Å². The smallest absolute Gasteiger partial charge is 0.254 e. The van der Waals surface area contributed by atoms with Gasteiger partial charge in [0.2, 0.25) is 17.7 Å². The lowest BCUT2D eigenvalue weighted by atomic mass is 10.1. The predicted octanol–water partition coefficient (Wildman–Crippen LogP) is 9.89. The predicted molar refractivity (Wildman–Crippen MR) is 245 cm³/mol. The standard InChI is InChI=1S/C18H14F2N2O3.C11H10ClNO.C8H9NO.C7H5F2NO2.C3H4Cl2O/c1-10-2-4-11(5-3-10)18-22-12(9-25-18)8-24-14-7-6-13(19)15(16(14)20)17(21)23;1-8-2-4-9(5-3-8)11-13-10(6-12)7-14-11;1-6-2-4-7(5-3-6)8(9)10;8-3-1-2-4(11)6(9)5(3)7(10)12;4-1-3(6)2-5/h2-7,9H,8H2,1H3,(H2,21,23);2-5,7H,6H2,1H3;2-5H,1H3,(H2,9,10);1-2,11H,(H2,10,12);1-2H2. The van der Waals surface area contributed by atoms with Crippen LogP contribution in [0.15, 0.2) is 118 Å². The molecule has 0 aliphatic carbocycles. The second-order valence-electron chi connectivity index (χ2n) is 13.7. The van der Waals surface area contributed by atoms with Crippen LogP contribution in [-0.4, -0.2) is 50.3 Å². The molecule has 2 aromatic heterocycles. The lowest BCUT2D eigenvalue weighted by molar-refractivity contribution is -0.114. The van der Waals surface area contributed by atoms with Crippen molar-refractivity contribution in [3.05, 3.63) is 178 Å². The zero-order chi connectivity index (χ0) is 49.8. The number of aryl methyl sites for hydroxylation is 3. The molecule has 2 heterocycles. The zero-order valence-corrected chi connectivity index (χ0v) is 38.1. The van der Waals surface area contributed by atoms with Gasteiger partial charge in [0.15, 0.2) is 28.9 Å². The number of alkyl halides is 3. The largest absolute Gasteiger partial charge is 0.505 e. The summed E-state index contributed by atoms with van der Waals surface area (Å²) in [7, 11) is 0. The number of hydrogen-bond donors (Lipinski definition) is 4. The first-order chi connectivity index (χ1) is 31.8. The quantitative estimate of drug-likeness (QED) is 0.0708. The number of oxazole rings is 2. The number of halogens is 7. The highest BCUT2D eigenvalue weighted by atomic mass is 35.5. The molecule has 5 aromatic carbocycles. The second-order valence-corrected chi connectivity index (χ2v) is 14.5. The zero-order valence-electron chi connectivity index (χ0n) is 35.8. The van der Waals surface area contributed by atoms with Crippen LogP contribution < -0.4 is 21.9 Å². The third kappa shape index (κ3) is 16.9. The first-order valence-electron chi connectivity index (χ1n) is 19.3. The third-order valence-electron chi connectivity index (χ3n) is 8.47. The molecule has 0 saturated carbocycles. The molecule has 7 N–H and O–H groups in total. The molecule has 0 atom stereocenters. The number of ether oxygens (including phenoxy) is 1. The Hall–Kier alpha value is -7.21. The summed E-state index contributed by atoms with van der Waals surface area (Å²) in [6, 6.07) is 26.3. The molecule has 7 rings (SSSR count). The molecule has 13 nitrogen and oxygen atoms in total. The number of primary amides is 3. The van der Waals surface area contributed by atoms with Gasteiger partial charge in [-0.05, 0) is 81.4 Å². The van der Waals surface area contributed by atoms with Crippen LogP contribution in [-0.2, 0) is 17.3 Å². The van der Waals surface area contributed by atoms with E-state index in [1.807, 2.05) is 81.4 Å². The lowest BCUT2D eigenvalue weighted by Crippen LogP contribution is -2.16. The summed E-state index contributed by atoms with van der Waals surface area (Å²) >= 11 is 15.7. The number of nitrogens with zero attached hydrogens (tertiary/aromatic N) is 2. The monoisotopic (exact) mass is 985 g/mol. The highest BCUT2D eigenvalue weighted by Gasteiger charge is 2.20. The van der Waals surface area contributed by atoms with E-state index in [2.05, 4.69) is 15.7 Å². The van der Waals surface area contributed by atoms with E-state index in [9.17, 15) is 36.7 Å². The molecular formula is C47H42Cl3F4N5O8. The van der Waals surface area contributed by atoms with Crippen molar-refractivity contribution in [2.45, 2.75) is 33.3 Å². The van der Waals surface area contributed by atoms with E-state index in [4.69, 9.17) is 64.9 Å². The topological polar surface area (TPSA) is 228 Å². The van der Waals surface area contributed by atoms with E-state index in [-0.39, 0.29) is 35.8 Å². The van der Waals surface area contributed by atoms with Crippen molar-refractivity contribution in [1.82, 2.24) is 9.97 Å². The minimum absolute atomic E-state index is 0.0312. The molecule has 0 aliphatic rings. The van der Waals surface area contributed by atoms with Gasteiger partial charge in [-0.25, -0.2) is 27.5 Å². The molecule has 7 aromatic rings. The Morgan fingerprint density at radius 1 is 0.582 bits per heavy atom. The maximum absolute atomic E-state index is 14.1. The van der Waals surface area contributed by atoms with Crippen molar-refractivity contribution in [2.24, 2.45) is 17.2 Å². The number of nitrogens with two attached hydrogens (primary N) is 3. The van der Waals surface area contributed by atoms with Crippen LogP contribution in [0, 0.1) is 44.0 Å². The summed E-state index contributed by atoms with van der Waals surface area (Å²) in [5.74, 6) is -7.18. The molecule has 0 saturated heterocycles. The number of phenols is 1. The number of aromatic nitrogens is 2. The minimum Gasteiger partial charge on any atom is -0.505 e. The fourth-order valence-corrected chi connectivity index (χ4v) is 5.35. The van der Waals surface area contributed by atoms with E-state index < -0.39 is 52.0 Å². The summed E-state index contributed by atoms with van der Waals surface area (Å²) in [5.41, 5.74) is 19.9. The average Bonchev–Trinajstić information content (AvgIpc) is 3.99. The number of ketones is 1. The van der Waals surface area contributed by atoms with Crippen LogP contribution in [0.1, 0.15) is 59.2 Å². The Bertz CT molecular complexity index is 2750. The Morgan fingerprint density at radius 2 is 1.00 bits per heavy atom. The molecule has 3 amide bonds. The summed E-state index contributed by atoms with van der Waals surface area (Å²) in [6.07, 6.45) is 2.97. The van der Waals surface area contributed by atoms with Gasteiger partial charge >= 0.3 is 0 Å². The third-order valence-corrected chi connectivity index (χ3v) is 9.34. The summed E-state index contributed by atoms with van der Waals surface area (Å²) in [5, 5.41) is 8.72. The number of carbonyl (C=O) groups is 4. The minimum atomic E-state index is -1.33.